The summed E-state index contributed by atoms with van der Waals surface area (Å²) in [6.07, 6.45) is 2.33. The Morgan fingerprint density at radius 3 is 3.00 bits per heavy atom. The first kappa shape index (κ1) is 14.3. The van der Waals surface area contributed by atoms with Crippen LogP contribution in [0.1, 0.15) is 23.4 Å². The number of carbonyl (C=O) groups is 1. The van der Waals surface area contributed by atoms with Crippen molar-refractivity contribution in [2.75, 3.05) is 25.4 Å². The van der Waals surface area contributed by atoms with Gasteiger partial charge in [0.2, 0.25) is 0 Å². The smallest absolute Gasteiger partial charge is 0.287 e. The highest BCUT2D eigenvalue weighted by Crippen LogP contribution is 2.27. The average Bonchev–Trinajstić information content (AvgIpc) is 3.14. The highest BCUT2D eigenvalue weighted by Gasteiger charge is 2.33. The number of furan rings is 1. The molecular formula is C18H21N3O2. The van der Waals surface area contributed by atoms with Gasteiger partial charge in [-0.25, -0.2) is 0 Å². The molecule has 2 saturated heterocycles. The number of piperidine rings is 1. The molecule has 0 radical (unpaired) electrons. The largest absolute Gasteiger partial charge is 0.451 e. The minimum absolute atomic E-state index is 0.132. The maximum Gasteiger partial charge on any atom is 0.287 e. The van der Waals surface area contributed by atoms with Gasteiger partial charge in [0.05, 0.1) is 0 Å². The Labute approximate surface area is 135 Å². The van der Waals surface area contributed by atoms with Gasteiger partial charge in [-0.1, -0.05) is 12.1 Å². The van der Waals surface area contributed by atoms with Crippen molar-refractivity contribution in [1.82, 2.24) is 10.2 Å². The Kier molecular flexibility index (Phi) is 3.58. The van der Waals surface area contributed by atoms with E-state index in [4.69, 9.17) is 10.2 Å². The molecule has 2 aliphatic rings. The van der Waals surface area contributed by atoms with Crippen LogP contribution in [0, 0.1) is 5.92 Å². The molecular weight excluding hydrogens is 290 g/mol. The number of benzene rings is 1. The lowest BCUT2D eigenvalue weighted by Gasteiger charge is -2.30. The molecule has 0 spiro atoms. The van der Waals surface area contributed by atoms with Crippen LogP contribution >= 0.6 is 0 Å². The summed E-state index contributed by atoms with van der Waals surface area (Å²) >= 11 is 0. The first-order chi connectivity index (χ1) is 11.2. The molecule has 23 heavy (non-hydrogen) atoms. The Bertz CT molecular complexity index is 713. The molecule has 0 aliphatic carbocycles. The Hall–Kier alpha value is -2.27. The Morgan fingerprint density at radius 2 is 2.17 bits per heavy atom. The molecule has 3 N–H and O–H groups in total. The predicted molar refractivity (Wildman–Crippen MR) is 89.0 cm³/mol. The zero-order valence-corrected chi connectivity index (χ0v) is 13.0. The van der Waals surface area contributed by atoms with Crippen molar-refractivity contribution >= 4 is 11.6 Å². The van der Waals surface area contributed by atoms with E-state index in [1.54, 1.807) is 6.07 Å². The number of nitrogen functional groups attached to an aromatic ring is 1. The van der Waals surface area contributed by atoms with E-state index in [0.29, 0.717) is 17.2 Å². The van der Waals surface area contributed by atoms with Crippen LogP contribution in [0.5, 0.6) is 0 Å². The van der Waals surface area contributed by atoms with Crippen LogP contribution in [-0.4, -0.2) is 36.5 Å². The first-order valence-electron chi connectivity index (χ1n) is 8.16. The molecule has 1 aromatic carbocycles. The average molecular weight is 311 g/mol. The second kappa shape index (κ2) is 5.74. The van der Waals surface area contributed by atoms with Gasteiger partial charge in [0, 0.05) is 30.4 Å². The van der Waals surface area contributed by atoms with Gasteiger partial charge in [-0.3, -0.25) is 4.79 Å². The second-order valence-electron chi connectivity index (χ2n) is 6.61. The standard InChI is InChI=1S/C18H21N3O2/c19-14-3-1-2-13(9-14)16-4-5-17(23-16)18(22)20-15-8-12-6-7-21(10-12)11-15/h1-5,9,12,15H,6-8,10-11,19H2,(H,20,22)/t12-,15+/m0/s1. The lowest BCUT2D eigenvalue weighted by atomic mass is 9.97. The van der Waals surface area contributed by atoms with Crippen LogP contribution in [0.3, 0.4) is 0 Å². The van der Waals surface area contributed by atoms with Gasteiger partial charge in [-0.05, 0) is 49.6 Å². The lowest BCUT2D eigenvalue weighted by molar-refractivity contribution is 0.0882. The molecule has 5 heteroatoms. The number of anilines is 1. The summed E-state index contributed by atoms with van der Waals surface area (Å²) in [6, 6.07) is 11.2. The monoisotopic (exact) mass is 311 g/mol. The number of nitrogens with one attached hydrogen (secondary N) is 1. The number of hydrogen-bond acceptors (Lipinski definition) is 4. The topological polar surface area (TPSA) is 71.5 Å². The summed E-state index contributed by atoms with van der Waals surface area (Å²) in [7, 11) is 0. The van der Waals surface area contributed by atoms with Crippen LogP contribution < -0.4 is 11.1 Å². The number of carbonyl (C=O) groups excluding carboxylic acids is 1. The minimum Gasteiger partial charge on any atom is -0.451 e. The molecule has 2 bridgehead atoms. The number of fused-ring (bicyclic) bond motifs is 2. The molecule has 4 rings (SSSR count). The van der Waals surface area contributed by atoms with Crippen molar-refractivity contribution in [3.8, 4) is 11.3 Å². The SMILES string of the molecule is Nc1cccc(-c2ccc(C(=O)N[C@@H]3C[C@@H]4CCN(C4)C3)o2)c1. The van der Waals surface area contributed by atoms with Gasteiger partial charge in [-0.15, -0.1) is 0 Å². The summed E-state index contributed by atoms with van der Waals surface area (Å²) in [5.74, 6) is 1.62. The molecule has 0 saturated carbocycles. The fourth-order valence-corrected chi connectivity index (χ4v) is 3.73. The third-order valence-corrected chi connectivity index (χ3v) is 4.80. The van der Waals surface area contributed by atoms with Gasteiger partial charge in [0.15, 0.2) is 5.76 Å². The lowest BCUT2D eigenvalue weighted by Crippen LogP contribution is -2.46. The maximum absolute atomic E-state index is 12.4. The molecule has 2 fully saturated rings. The summed E-state index contributed by atoms with van der Waals surface area (Å²) in [4.78, 5) is 14.8. The zero-order chi connectivity index (χ0) is 15.8. The molecule has 5 nitrogen and oxygen atoms in total. The van der Waals surface area contributed by atoms with E-state index < -0.39 is 0 Å². The van der Waals surface area contributed by atoms with Gasteiger partial charge in [0.25, 0.3) is 5.91 Å². The first-order valence-corrected chi connectivity index (χ1v) is 8.16. The molecule has 2 aromatic rings. The normalized spacial score (nSPS) is 26.2. The predicted octanol–water partition coefficient (Wildman–Crippen LogP) is 2.35. The fraction of sp³-hybridized carbons (Fsp3) is 0.389. The number of rotatable bonds is 3. The Balaban J connectivity index is 1.45. The quantitative estimate of drug-likeness (QED) is 0.854. The number of nitrogens with zero attached hydrogens (tertiary/aromatic N) is 1. The van der Waals surface area contributed by atoms with Gasteiger partial charge < -0.3 is 20.4 Å². The zero-order valence-electron chi connectivity index (χ0n) is 13.0. The summed E-state index contributed by atoms with van der Waals surface area (Å²) in [6.45, 7) is 3.30. The van der Waals surface area contributed by atoms with E-state index in [1.165, 1.54) is 13.0 Å². The van der Waals surface area contributed by atoms with E-state index in [9.17, 15) is 4.79 Å². The van der Waals surface area contributed by atoms with Crippen molar-refractivity contribution in [3.63, 3.8) is 0 Å². The van der Waals surface area contributed by atoms with Crippen molar-refractivity contribution in [3.05, 3.63) is 42.2 Å². The van der Waals surface area contributed by atoms with Crippen LogP contribution in [0.15, 0.2) is 40.8 Å². The van der Waals surface area contributed by atoms with E-state index in [0.717, 1.165) is 31.0 Å². The van der Waals surface area contributed by atoms with Crippen molar-refractivity contribution in [1.29, 1.82) is 0 Å². The van der Waals surface area contributed by atoms with Crippen LogP contribution in [0.25, 0.3) is 11.3 Å². The van der Waals surface area contributed by atoms with Crippen molar-refractivity contribution in [2.45, 2.75) is 18.9 Å². The molecule has 1 unspecified atom stereocenters. The molecule has 2 aliphatic heterocycles. The molecule has 1 aromatic heterocycles. The third-order valence-electron chi connectivity index (χ3n) is 4.80. The van der Waals surface area contributed by atoms with Gasteiger partial charge in [-0.2, -0.15) is 0 Å². The molecule has 3 atom stereocenters. The molecule has 3 heterocycles. The number of amides is 1. The summed E-state index contributed by atoms with van der Waals surface area (Å²) in [5.41, 5.74) is 7.35. The second-order valence-corrected chi connectivity index (χ2v) is 6.61. The molecule has 120 valence electrons. The summed E-state index contributed by atoms with van der Waals surface area (Å²) < 4.78 is 5.72. The van der Waals surface area contributed by atoms with E-state index in [1.807, 2.05) is 30.3 Å². The number of hydrogen-bond donors (Lipinski definition) is 2. The highest BCUT2D eigenvalue weighted by atomic mass is 16.3. The van der Waals surface area contributed by atoms with E-state index >= 15 is 0 Å². The van der Waals surface area contributed by atoms with Crippen LogP contribution in [0.4, 0.5) is 5.69 Å². The van der Waals surface area contributed by atoms with E-state index in [-0.39, 0.29) is 11.9 Å². The highest BCUT2D eigenvalue weighted by molar-refractivity contribution is 5.92. The van der Waals surface area contributed by atoms with Crippen LogP contribution in [0.2, 0.25) is 0 Å². The van der Waals surface area contributed by atoms with Crippen molar-refractivity contribution < 1.29 is 9.21 Å². The van der Waals surface area contributed by atoms with Gasteiger partial charge in [0.1, 0.15) is 5.76 Å². The third kappa shape index (κ3) is 2.97. The van der Waals surface area contributed by atoms with E-state index in [2.05, 4.69) is 10.2 Å². The number of nitrogens with two attached hydrogens (primary N) is 1. The minimum atomic E-state index is -0.132. The maximum atomic E-state index is 12.4. The van der Waals surface area contributed by atoms with Gasteiger partial charge >= 0.3 is 0 Å². The Morgan fingerprint density at radius 1 is 1.26 bits per heavy atom. The fourth-order valence-electron chi connectivity index (χ4n) is 3.73. The van der Waals surface area contributed by atoms with Crippen molar-refractivity contribution in [2.24, 2.45) is 5.92 Å². The van der Waals surface area contributed by atoms with Crippen LogP contribution in [-0.2, 0) is 0 Å². The molecule has 1 amide bonds. The summed E-state index contributed by atoms with van der Waals surface area (Å²) in [5, 5.41) is 3.11.